The number of ether oxygens (including phenoxy) is 2. The summed E-state index contributed by atoms with van der Waals surface area (Å²) in [6.07, 6.45) is 7.09. The molecule has 5 nitrogen and oxygen atoms in total. The minimum Gasteiger partial charge on any atom is -0.480 e. The molecule has 0 unspecified atom stereocenters. The van der Waals surface area contributed by atoms with E-state index in [2.05, 4.69) is 14.5 Å². The smallest absolute Gasteiger partial charge is 0.224 e. The number of pyridine rings is 1. The SMILES string of the molecule is COc1ncccc1-c1nccn1CC1(c2cccc(F)c2)CCOCC1. The molecule has 140 valence electrons. The van der Waals surface area contributed by atoms with Crippen LogP contribution in [0.5, 0.6) is 5.88 Å². The summed E-state index contributed by atoms with van der Waals surface area (Å²) in [5.41, 5.74) is 1.64. The molecule has 0 aliphatic carbocycles. The first-order valence-electron chi connectivity index (χ1n) is 9.06. The molecule has 0 radical (unpaired) electrons. The van der Waals surface area contributed by atoms with Gasteiger partial charge in [0.15, 0.2) is 0 Å². The third kappa shape index (κ3) is 3.45. The maximum atomic E-state index is 13.9. The first kappa shape index (κ1) is 17.7. The van der Waals surface area contributed by atoms with Crippen LogP contribution >= 0.6 is 0 Å². The second-order valence-corrected chi connectivity index (χ2v) is 6.84. The van der Waals surface area contributed by atoms with Crippen LogP contribution in [0.1, 0.15) is 18.4 Å². The lowest BCUT2D eigenvalue weighted by molar-refractivity contribution is 0.0435. The van der Waals surface area contributed by atoms with Crippen LogP contribution in [0.15, 0.2) is 55.0 Å². The summed E-state index contributed by atoms with van der Waals surface area (Å²) in [5.74, 6) is 1.12. The zero-order valence-corrected chi connectivity index (χ0v) is 15.3. The maximum Gasteiger partial charge on any atom is 0.224 e. The van der Waals surface area contributed by atoms with Crippen LogP contribution in [0.2, 0.25) is 0 Å². The van der Waals surface area contributed by atoms with E-state index in [4.69, 9.17) is 9.47 Å². The minimum absolute atomic E-state index is 0.203. The van der Waals surface area contributed by atoms with Gasteiger partial charge in [0.2, 0.25) is 5.88 Å². The van der Waals surface area contributed by atoms with E-state index in [9.17, 15) is 4.39 Å². The monoisotopic (exact) mass is 367 g/mol. The van der Waals surface area contributed by atoms with Gasteiger partial charge in [-0.1, -0.05) is 12.1 Å². The molecule has 0 saturated carbocycles. The molecule has 1 fully saturated rings. The Balaban J connectivity index is 1.75. The number of imidazole rings is 1. The van der Waals surface area contributed by atoms with E-state index in [1.165, 1.54) is 6.07 Å². The van der Waals surface area contributed by atoms with E-state index in [0.717, 1.165) is 29.8 Å². The van der Waals surface area contributed by atoms with Gasteiger partial charge in [-0.15, -0.1) is 0 Å². The van der Waals surface area contributed by atoms with Gasteiger partial charge in [-0.05, 0) is 42.7 Å². The van der Waals surface area contributed by atoms with Gasteiger partial charge < -0.3 is 14.0 Å². The quantitative estimate of drug-likeness (QED) is 0.687. The number of aromatic nitrogens is 3. The van der Waals surface area contributed by atoms with Crippen LogP contribution in [0.3, 0.4) is 0 Å². The molecule has 0 N–H and O–H groups in total. The highest BCUT2D eigenvalue weighted by Gasteiger charge is 2.36. The van der Waals surface area contributed by atoms with Crippen molar-refractivity contribution in [3.63, 3.8) is 0 Å². The van der Waals surface area contributed by atoms with Crippen molar-refractivity contribution in [3.05, 3.63) is 66.4 Å². The van der Waals surface area contributed by atoms with Crippen molar-refractivity contribution in [1.82, 2.24) is 14.5 Å². The summed E-state index contributed by atoms with van der Waals surface area (Å²) in [6.45, 7) is 2.01. The van der Waals surface area contributed by atoms with Gasteiger partial charge in [0.05, 0.1) is 12.7 Å². The summed E-state index contributed by atoms with van der Waals surface area (Å²) in [7, 11) is 1.60. The summed E-state index contributed by atoms with van der Waals surface area (Å²) < 4.78 is 27.0. The molecule has 3 heterocycles. The van der Waals surface area contributed by atoms with Crippen LogP contribution in [0.25, 0.3) is 11.4 Å². The van der Waals surface area contributed by atoms with Crippen molar-refractivity contribution < 1.29 is 13.9 Å². The lowest BCUT2D eigenvalue weighted by Gasteiger charge is -2.38. The van der Waals surface area contributed by atoms with Crippen LogP contribution in [-0.2, 0) is 16.7 Å². The molecule has 1 saturated heterocycles. The average molecular weight is 367 g/mol. The Hall–Kier alpha value is -2.73. The molecule has 1 aliphatic rings. The second kappa shape index (κ2) is 7.48. The molecule has 6 heteroatoms. The molecule has 27 heavy (non-hydrogen) atoms. The van der Waals surface area contributed by atoms with E-state index in [1.54, 1.807) is 31.6 Å². The van der Waals surface area contributed by atoms with Crippen molar-refractivity contribution in [2.24, 2.45) is 0 Å². The predicted molar refractivity (Wildman–Crippen MR) is 100 cm³/mol. The topological polar surface area (TPSA) is 49.2 Å². The second-order valence-electron chi connectivity index (χ2n) is 6.84. The Kier molecular flexibility index (Phi) is 4.90. The molecular formula is C21H22FN3O2. The van der Waals surface area contributed by atoms with Gasteiger partial charge in [-0.3, -0.25) is 0 Å². The number of benzene rings is 1. The lowest BCUT2D eigenvalue weighted by Crippen LogP contribution is -2.38. The molecule has 0 spiro atoms. The van der Waals surface area contributed by atoms with E-state index in [1.807, 2.05) is 24.4 Å². The third-order valence-corrected chi connectivity index (χ3v) is 5.28. The van der Waals surface area contributed by atoms with Crippen molar-refractivity contribution in [3.8, 4) is 17.3 Å². The van der Waals surface area contributed by atoms with Gasteiger partial charge in [-0.25, -0.2) is 14.4 Å². The molecule has 0 atom stereocenters. The van der Waals surface area contributed by atoms with Gasteiger partial charge in [0, 0.05) is 43.8 Å². The Morgan fingerprint density at radius 3 is 2.78 bits per heavy atom. The van der Waals surface area contributed by atoms with E-state index in [0.29, 0.717) is 25.6 Å². The number of methoxy groups -OCH3 is 1. The fourth-order valence-corrected chi connectivity index (χ4v) is 3.85. The first-order valence-corrected chi connectivity index (χ1v) is 9.06. The highest BCUT2D eigenvalue weighted by atomic mass is 19.1. The van der Waals surface area contributed by atoms with Crippen LogP contribution in [0.4, 0.5) is 4.39 Å². The molecule has 4 rings (SSSR count). The number of hydrogen-bond acceptors (Lipinski definition) is 4. The fourth-order valence-electron chi connectivity index (χ4n) is 3.85. The zero-order chi connectivity index (χ0) is 18.7. The fraction of sp³-hybridized carbons (Fsp3) is 0.333. The molecule has 2 aromatic heterocycles. The number of rotatable bonds is 5. The van der Waals surface area contributed by atoms with Crippen molar-refractivity contribution in [2.75, 3.05) is 20.3 Å². The molecule has 3 aromatic rings. The summed E-state index contributed by atoms with van der Waals surface area (Å²) in [5, 5.41) is 0. The number of halogens is 1. The van der Waals surface area contributed by atoms with Gasteiger partial charge in [0.1, 0.15) is 11.6 Å². The van der Waals surface area contributed by atoms with Gasteiger partial charge in [0.25, 0.3) is 0 Å². The Morgan fingerprint density at radius 1 is 1.15 bits per heavy atom. The minimum atomic E-state index is -0.210. The van der Waals surface area contributed by atoms with E-state index in [-0.39, 0.29) is 11.2 Å². The lowest BCUT2D eigenvalue weighted by atomic mass is 9.74. The van der Waals surface area contributed by atoms with Gasteiger partial charge in [-0.2, -0.15) is 0 Å². The standard InChI is InChI=1S/C21H22FN3O2/c1-26-20-18(6-3-9-24-20)19-23-10-11-25(19)15-21(7-12-27-13-8-21)16-4-2-5-17(22)14-16/h2-6,9-11,14H,7-8,12-13,15H2,1H3. The highest BCUT2D eigenvalue weighted by Crippen LogP contribution is 2.38. The molecule has 1 aliphatic heterocycles. The van der Waals surface area contributed by atoms with Crippen molar-refractivity contribution >= 4 is 0 Å². The largest absolute Gasteiger partial charge is 0.480 e. The summed E-state index contributed by atoms with van der Waals surface area (Å²) in [6, 6.07) is 10.7. The summed E-state index contributed by atoms with van der Waals surface area (Å²) in [4.78, 5) is 8.82. The average Bonchev–Trinajstić information content (AvgIpc) is 3.16. The Labute approximate surface area is 157 Å². The van der Waals surface area contributed by atoms with Crippen LogP contribution < -0.4 is 4.74 Å². The first-order chi connectivity index (χ1) is 13.2. The van der Waals surface area contributed by atoms with E-state index < -0.39 is 0 Å². The highest BCUT2D eigenvalue weighted by molar-refractivity contribution is 5.61. The Bertz CT molecular complexity index is 919. The normalized spacial score (nSPS) is 16.2. The molecule has 1 aromatic carbocycles. The third-order valence-electron chi connectivity index (χ3n) is 5.28. The van der Waals surface area contributed by atoms with E-state index >= 15 is 0 Å². The predicted octanol–water partition coefficient (Wildman–Crippen LogP) is 3.84. The maximum absolute atomic E-state index is 13.9. The van der Waals surface area contributed by atoms with Crippen molar-refractivity contribution in [2.45, 2.75) is 24.8 Å². The molecule has 0 amide bonds. The van der Waals surface area contributed by atoms with Crippen molar-refractivity contribution in [1.29, 1.82) is 0 Å². The molecular weight excluding hydrogens is 345 g/mol. The summed E-state index contributed by atoms with van der Waals surface area (Å²) >= 11 is 0. The van der Waals surface area contributed by atoms with Gasteiger partial charge >= 0.3 is 0 Å². The zero-order valence-electron chi connectivity index (χ0n) is 15.3. The van der Waals surface area contributed by atoms with Crippen LogP contribution in [-0.4, -0.2) is 34.9 Å². The number of hydrogen-bond donors (Lipinski definition) is 0. The Morgan fingerprint density at radius 2 is 2.00 bits per heavy atom. The number of nitrogens with zero attached hydrogens (tertiary/aromatic N) is 3. The molecule has 0 bridgehead atoms. The van der Waals surface area contributed by atoms with Crippen LogP contribution in [0, 0.1) is 5.82 Å².